The Balaban J connectivity index is 1.72. The zero-order valence-electron chi connectivity index (χ0n) is 17.9. The lowest BCUT2D eigenvalue weighted by atomic mass is 9.75. The zero-order chi connectivity index (χ0) is 22.6. The van der Waals surface area contributed by atoms with Crippen LogP contribution in [0.2, 0.25) is 0 Å². The van der Waals surface area contributed by atoms with E-state index in [1.165, 1.54) is 6.07 Å². The van der Waals surface area contributed by atoms with Crippen molar-refractivity contribution >= 4 is 17.3 Å². The molecule has 1 aromatic carbocycles. The molecule has 1 fully saturated rings. The fourth-order valence-electron chi connectivity index (χ4n) is 4.30. The first-order valence-corrected chi connectivity index (χ1v) is 10.2. The van der Waals surface area contributed by atoms with E-state index in [0.717, 1.165) is 6.20 Å². The topological polar surface area (TPSA) is 99.9 Å². The average molecular weight is 432 g/mol. The second-order valence-corrected chi connectivity index (χ2v) is 9.07. The summed E-state index contributed by atoms with van der Waals surface area (Å²) in [6.45, 7) is 7.57. The first-order valence-electron chi connectivity index (χ1n) is 10.2. The van der Waals surface area contributed by atoms with Gasteiger partial charge in [-0.25, -0.2) is 18.7 Å². The maximum Gasteiger partial charge on any atom is 0.223 e. The molecule has 1 aromatic heterocycles. The van der Waals surface area contributed by atoms with Crippen LogP contribution in [0.15, 0.2) is 23.3 Å². The number of hydrogen-bond acceptors (Lipinski definition) is 7. The Morgan fingerprint density at radius 3 is 2.65 bits per heavy atom. The predicted molar refractivity (Wildman–Crippen MR) is 113 cm³/mol. The molecular formula is C22H26F2N4O3. The van der Waals surface area contributed by atoms with Gasteiger partial charge in [-0.2, -0.15) is 0 Å². The number of nitrogens with one attached hydrogen (secondary N) is 1. The van der Waals surface area contributed by atoms with Gasteiger partial charge in [-0.1, -0.05) is 13.8 Å². The molecule has 0 saturated carbocycles. The van der Waals surface area contributed by atoms with E-state index >= 15 is 0 Å². The van der Waals surface area contributed by atoms with Gasteiger partial charge in [0.25, 0.3) is 0 Å². The van der Waals surface area contributed by atoms with Crippen molar-refractivity contribution in [3.63, 3.8) is 0 Å². The van der Waals surface area contributed by atoms with Crippen LogP contribution in [0.4, 0.5) is 20.4 Å². The van der Waals surface area contributed by atoms with Gasteiger partial charge in [-0.05, 0) is 38.0 Å². The lowest BCUT2D eigenvalue weighted by Gasteiger charge is -2.30. The van der Waals surface area contributed by atoms with Crippen molar-refractivity contribution in [1.82, 2.24) is 9.97 Å². The summed E-state index contributed by atoms with van der Waals surface area (Å²) in [4.78, 5) is 12.6. The number of rotatable bonds is 4. The van der Waals surface area contributed by atoms with E-state index in [0.29, 0.717) is 24.3 Å². The van der Waals surface area contributed by atoms with Crippen molar-refractivity contribution in [2.75, 3.05) is 18.5 Å². The molecule has 4 rings (SSSR count). The van der Waals surface area contributed by atoms with Crippen LogP contribution < -0.4 is 5.32 Å². The lowest BCUT2D eigenvalue weighted by molar-refractivity contribution is -0.0136. The highest BCUT2D eigenvalue weighted by Gasteiger charge is 2.43. The molecule has 2 atom stereocenters. The highest BCUT2D eigenvalue weighted by atomic mass is 19.1. The zero-order valence-corrected chi connectivity index (χ0v) is 17.9. The minimum absolute atomic E-state index is 0.0618. The SMILES string of the molecule is CC(C)(O)C1=Nc2c(F)cc(-c3nc(N[C@@H]4CCOC[C@H]4O)ncc3F)cc2C1(C)C. The number of aliphatic hydroxyl groups is 2. The normalized spacial score (nSPS) is 22.8. The van der Waals surface area contributed by atoms with E-state index in [1.54, 1.807) is 19.9 Å². The largest absolute Gasteiger partial charge is 0.389 e. The van der Waals surface area contributed by atoms with E-state index in [2.05, 4.69) is 20.3 Å². The molecule has 9 heteroatoms. The number of ether oxygens (including phenoxy) is 1. The standard InChI is InChI=1S/C22H26F2N4O3/c1-21(2)12-7-11(8-13(23)18(12)27-19(21)22(3,4)30)17-14(24)9-25-20(28-17)26-15-5-6-31-10-16(15)29/h7-9,15-16,29-30H,5-6,10H2,1-4H3,(H,25,26,28)/t15-,16-/m1/s1. The fraction of sp³-hybridized carbons (Fsp3) is 0.500. The molecule has 0 amide bonds. The molecular weight excluding hydrogens is 406 g/mol. The van der Waals surface area contributed by atoms with Gasteiger partial charge in [0.2, 0.25) is 5.95 Å². The number of anilines is 1. The molecule has 3 heterocycles. The molecule has 0 bridgehead atoms. The summed E-state index contributed by atoms with van der Waals surface area (Å²) in [5, 5.41) is 23.6. The van der Waals surface area contributed by atoms with Crippen molar-refractivity contribution in [3.05, 3.63) is 35.5 Å². The minimum atomic E-state index is -1.24. The third-order valence-corrected chi connectivity index (χ3v) is 5.79. The predicted octanol–water partition coefficient (Wildman–Crippen LogP) is 3.12. The van der Waals surface area contributed by atoms with Crippen LogP contribution in [0.1, 0.15) is 39.7 Å². The van der Waals surface area contributed by atoms with Crippen LogP contribution in [0.25, 0.3) is 11.3 Å². The maximum absolute atomic E-state index is 15.0. The van der Waals surface area contributed by atoms with Crippen LogP contribution in [0.3, 0.4) is 0 Å². The second kappa shape index (κ2) is 7.58. The van der Waals surface area contributed by atoms with Crippen molar-refractivity contribution in [1.29, 1.82) is 0 Å². The Hall–Kier alpha value is -2.49. The summed E-state index contributed by atoms with van der Waals surface area (Å²) >= 11 is 0. The first kappa shape index (κ1) is 21.7. The summed E-state index contributed by atoms with van der Waals surface area (Å²) in [6.07, 6.45) is 0.836. The highest BCUT2D eigenvalue weighted by Crippen LogP contribution is 2.46. The maximum atomic E-state index is 15.0. The van der Waals surface area contributed by atoms with Gasteiger partial charge in [-0.15, -0.1) is 0 Å². The third kappa shape index (κ3) is 3.93. The van der Waals surface area contributed by atoms with Crippen LogP contribution >= 0.6 is 0 Å². The van der Waals surface area contributed by atoms with Crippen molar-refractivity contribution < 1.29 is 23.7 Å². The third-order valence-electron chi connectivity index (χ3n) is 5.79. The van der Waals surface area contributed by atoms with Crippen molar-refractivity contribution in [2.45, 2.75) is 57.3 Å². The van der Waals surface area contributed by atoms with E-state index in [-0.39, 0.29) is 35.5 Å². The van der Waals surface area contributed by atoms with Gasteiger partial charge in [0.1, 0.15) is 17.2 Å². The molecule has 7 nitrogen and oxygen atoms in total. The van der Waals surface area contributed by atoms with Crippen LogP contribution in [0, 0.1) is 11.6 Å². The molecule has 1 saturated heterocycles. The minimum Gasteiger partial charge on any atom is -0.389 e. The molecule has 31 heavy (non-hydrogen) atoms. The first-order chi connectivity index (χ1) is 14.5. The van der Waals surface area contributed by atoms with Gasteiger partial charge in [0, 0.05) is 17.6 Å². The Morgan fingerprint density at radius 1 is 1.23 bits per heavy atom. The quantitative estimate of drug-likeness (QED) is 0.687. The van der Waals surface area contributed by atoms with Crippen LogP contribution in [-0.4, -0.2) is 56.9 Å². The monoisotopic (exact) mass is 432 g/mol. The summed E-state index contributed by atoms with van der Waals surface area (Å²) in [5.41, 5.74) is -0.681. The fourth-order valence-corrected chi connectivity index (χ4v) is 4.30. The lowest BCUT2D eigenvalue weighted by Crippen LogP contribution is -2.42. The van der Waals surface area contributed by atoms with Gasteiger partial charge in [0.15, 0.2) is 5.82 Å². The molecule has 2 aliphatic rings. The van der Waals surface area contributed by atoms with Crippen LogP contribution in [0.5, 0.6) is 0 Å². The van der Waals surface area contributed by atoms with Gasteiger partial charge >= 0.3 is 0 Å². The van der Waals surface area contributed by atoms with E-state index in [4.69, 9.17) is 4.74 Å². The molecule has 0 radical (unpaired) electrons. The molecule has 166 valence electrons. The number of aromatic nitrogens is 2. The Bertz CT molecular complexity index is 1050. The summed E-state index contributed by atoms with van der Waals surface area (Å²) in [7, 11) is 0. The number of aliphatic hydroxyl groups excluding tert-OH is 1. The smallest absolute Gasteiger partial charge is 0.223 e. The Kier molecular flexibility index (Phi) is 5.31. The average Bonchev–Trinajstić information content (AvgIpc) is 2.97. The van der Waals surface area contributed by atoms with E-state index < -0.39 is 28.8 Å². The number of aliphatic imine (C=N–C) groups is 1. The summed E-state index contributed by atoms with van der Waals surface area (Å²) in [5.74, 6) is -1.18. The number of benzene rings is 1. The molecule has 3 N–H and O–H groups in total. The summed E-state index contributed by atoms with van der Waals surface area (Å²) in [6, 6.07) is 2.51. The Morgan fingerprint density at radius 2 is 1.97 bits per heavy atom. The number of nitrogens with zero attached hydrogens (tertiary/aromatic N) is 3. The number of hydrogen-bond donors (Lipinski definition) is 3. The molecule has 2 aliphatic heterocycles. The molecule has 0 unspecified atom stereocenters. The number of fused-ring (bicyclic) bond motifs is 1. The highest BCUT2D eigenvalue weighted by molar-refractivity contribution is 6.06. The Labute approximate surface area is 179 Å². The van der Waals surface area contributed by atoms with E-state index in [1.807, 2.05) is 13.8 Å². The molecule has 2 aromatic rings. The number of halogens is 2. The summed E-state index contributed by atoms with van der Waals surface area (Å²) < 4.78 is 34.8. The van der Waals surface area contributed by atoms with Gasteiger partial charge < -0.3 is 20.3 Å². The van der Waals surface area contributed by atoms with Crippen molar-refractivity contribution in [3.8, 4) is 11.3 Å². The van der Waals surface area contributed by atoms with Crippen molar-refractivity contribution in [2.24, 2.45) is 4.99 Å². The molecule has 0 aliphatic carbocycles. The molecule has 0 spiro atoms. The second-order valence-electron chi connectivity index (χ2n) is 9.07. The van der Waals surface area contributed by atoms with Crippen LogP contribution in [-0.2, 0) is 10.2 Å². The van der Waals surface area contributed by atoms with Gasteiger partial charge in [0.05, 0.1) is 36.3 Å². The van der Waals surface area contributed by atoms with Gasteiger partial charge in [-0.3, -0.25) is 4.99 Å². The van der Waals surface area contributed by atoms with E-state index in [9.17, 15) is 19.0 Å².